The van der Waals surface area contributed by atoms with Gasteiger partial charge in [0, 0.05) is 11.3 Å². The Labute approximate surface area is 181 Å². The molecular formula is C24H18FN5O2. The molecule has 1 N–H and O–H groups in total. The van der Waals surface area contributed by atoms with Crippen LogP contribution in [0.2, 0.25) is 0 Å². The Morgan fingerprint density at radius 2 is 1.88 bits per heavy atom. The molecule has 0 radical (unpaired) electrons. The Kier molecular flexibility index (Phi) is 4.74. The largest absolute Gasteiger partial charge is 0.324 e. The van der Waals surface area contributed by atoms with E-state index >= 15 is 0 Å². The molecule has 158 valence electrons. The molecule has 0 fully saturated rings. The fourth-order valence-electron chi connectivity index (χ4n) is 3.64. The van der Waals surface area contributed by atoms with Gasteiger partial charge in [0.2, 0.25) is 5.91 Å². The predicted molar refractivity (Wildman–Crippen MR) is 120 cm³/mol. The van der Waals surface area contributed by atoms with Crippen LogP contribution in [0.1, 0.15) is 5.56 Å². The Balaban J connectivity index is 1.46. The summed E-state index contributed by atoms with van der Waals surface area (Å²) in [5, 5.41) is 13.2. The minimum atomic E-state index is -0.485. The fourth-order valence-corrected chi connectivity index (χ4v) is 3.64. The van der Waals surface area contributed by atoms with E-state index in [1.54, 1.807) is 25.1 Å². The minimum Gasteiger partial charge on any atom is -0.324 e. The lowest BCUT2D eigenvalue weighted by molar-refractivity contribution is -0.117. The minimum absolute atomic E-state index is 0.303. The number of benzene rings is 3. The van der Waals surface area contributed by atoms with Crippen LogP contribution < -0.4 is 10.9 Å². The number of rotatable bonds is 4. The van der Waals surface area contributed by atoms with Crippen LogP contribution in [0.25, 0.3) is 27.5 Å². The van der Waals surface area contributed by atoms with E-state index in [4.69, 9.17) is 0 Å². The number of carbonyl (C=O) groups is 1. The lowest BCUT2D eigenvalue weighted by Gasteiger charge is -2.07. The smallest absolute Gasteiger partial charge is 0.293 e. The second-order valence-corrected chi connectivity index (χ2v) is 7.49. The first-order valence-corrected chi connectivity index (χ1v) is 9.99. The van der Waals surface area contributed by atoms with Crippen molar-refractivity contribution in [1.29, 1.82) is 0 Å². The first-order chi connectivity index (χ1) is 15.5. The van der Waals surface area contributed by atoms with Crippen LogP contribution >= 0.6 is 0 Å². The Hall–Kier alpha value is -4.33. The zero-order valence-electron chi connectivity index (χ0n) is 17.1. The third kappa shape index (κ3) is 3.51. The third-order valence-electron chi connectivity index (χ3n) is 5.30. The quantitative estimate of drug-likeness (QED) is 0.473. The predicted octanol–water partition coefficient (Wildman–Crippen LogP) is 3.80. The molecule has 5 rings (SSSR count). The summed E-state index contributed by atoms with van der Waals surface area (Å²) in [5.74, 6) is -0.902. The summed E-state index contributed by atoms with van der Waals surface area (Å²) in [6.07, 6.45) is 1.39. The third-order valence-corrected chi connectivity index (χ3v) is 5.30. The molecule has 2 heterocycles. The van der Waals surface area contributed by atoms with Crippen molar-refractivity contribution in [3.05, 3.63) is 94.8 Å². The average molecular weight is 427 g/mol. The van der Waals surface area contributed by atoms with E-state index in [-0.39, 0.29) is 6.54 Å². The van der Waals surface area contributed by atoms with Crippen molar-refractivity contribution < 1.29 is 9.18 Å². The van der Waals surface area contributed by atoms with Crippen LogP contribution in [0.5, 0.6) is 0 Å². The monoisotopic (exact) mass is 427 g/mol. The summed E-state index contributed by atoms with van der Waals surface area (Å²) in [6.45, 7) is 1.33. The SMILES string of the molecule is Cc1ccc(NC(=O)Cn2ncn3nc(-c4cccc5ccccc45)cc3c2=O)cc1F. The molecule has 0 atom stereocenters. The first kappa shape index (κ1) is 19.6. The van der Waals surface area contributed by atoms with Crippen molar-refractivity contribution in [2.75, 3.05) is 5.32 Å². The number of nitrogens with one attached hydrogen (secondary N) is 1. The summed E-state index contributed by atoms with van der Waals surface area (Å²) in [5.41, 5.74) is 2.19. The van der Waals surface area contributed by atoms with Gasteiger partial charge in [-0.3, -0.25) is 9.59 Å². The summed E-state index contributed by atoms with van der Waals surface area (Å²) in [4.78, 5) is 25.3. The molecule has 0 aliphatic heterocycles. The van der Waals surface area contributed by atoms with Crippen molar-refractivity contribution in [3.8, 4) is 11.3 Å². The van der Waals surface area contributed by atoms with E-state index in [2.05, 4.69) is 15.5 Å². The van der Waals surface area contributed by atoms with Gasteiger partial charge in [-0.15, -0.1) is 0 Å². The lowest BCUT2D eigenvalue weighted by atomic mass is 10.0. The Bertz CT molecular complexity index is 1550. The van der Waals surface area contributed by atoms with E-state index < -0.39 is 17.3 Å². The molecule has 1 amide bonds. The van der Waals surface area contributed by atoms with Gasteiger partial charge in [-0.1, -0.05) is 48.5 Å². The number of aryl methyl sites for hydroxylation is 1. The molecule has 0 saturated carbocycles. The van der Waals surface area contributed by atoms with Gasteiger partial charge < -0.3 is 5.32 Å². The van der Waals surface area contributed by atoms with Crippen molar-refractivity contribution >= 4 is 27.9 Å². The Morgan fingerprint density at radius 3 is 2.72 bits per heavy atom. The second kappa shape index (κ2) is 7.73. The van der Waals surface area contributed by atoms with Gasteiger partial charge in [0.25, 0.3) is 5.56 Å². The maximum absolute atomic E-state index is 13.7. The summed E-state index contributed by atoms with van der Waals surface area (Å²) >= 11 is 0. The molecule has 5 aromatic rings. The molecule has 32 heavy (non-hydrogen) atoms. The number of hydrogen-bond donors (Lipinski definition) is 1. The molecule has 0 aliphatic carbocycles. The maximum Gasteiger partial charge on any atom is 0.293 e. The number of anilines is 1. The first-order valence-electron chi connectivity index (χ1n) is 9.99. The highest BCUT2D eigenvalue weighted by Gasteiger charge is 2.14. The van der Waals surface area contributed by atoms with Crippen molar-refractivity contribution in [2.24, 2.45) is 0 Å². The molecule has 0 saturated heterocycles. The fraction of sp³-hybridized carbons (Fsp3) is 0.0833. The zero-order valence-corrected chi connectivity index (χ0v) is 17.1. The van der Waals surface area contributed by atoms with Gasteiger partial charge in [-0.2, -0.15) is 10.2 Å². The van der Waals surface area contributed by atoms with Crippen LogP contribution in [0, 0.1) is 12.7 Å². The summed E-state index contributed by atoms with van der Waals surface area (Å²) in [6, 6.07) is 19.9. The number of aromatic nitrogens is 4. The van der Waals surface area contributed by atoms with E-state index in [0.29, 0.717) is 22.5 Å². The maximum atomic E-state index is 13.7. The van der Waals surface area contributed by atoms with Gasteiger partial charge in [-0.05, 0) is 41.5 Å². The van der Waals surface area contributed by atoms with E-state index in [0.717, 1.165) is 21.0 Å². The number of hydrogen-bond acceptors (Lipinski definition) is 4. The number of carbonyl (C=O) groups excluding carboxylic acids is 1. The second-order valence-electron chi connectivity index (χ2n) is 7.49. The Morgan fingerprint density at radius 1 is 1.06 bits per heavy atom. The summed E-state index contributed by atoms with van der Waals surface area (Å²) < 4.78 is 16.2. The zero-order chi connectivity index (χ0) is 22.2. The van der Waals surface area contributed by atoms with Gasteiger partial charge >= 0.3 is 0 Å². The number of halogens is 1. The van der Waals surface area contributed by atoms with Crippen LogP contribution in [-0.4, -0.2) is 25.3 Å². The van der Waals surface area contributed by atoms with E-state index in [1.165, 1.54) is 16.9 Å². The normalized spacial score (nSPS) is 11.2. The number of amides is 1. The lowest BCUT2D eigenvalue weighted by Crippen LogP contribution is -2.30. The van der Waals surface area contributed by atoms with Crippen LogP contribution in [0.15, 0.2) is 77.9 Å². The molecule has 0 aliphatic rings. The van der Waals surface area contributed by atoms with Crippen LogP contribution in [0.3, 0.4) is 0 Å². The van der Waals surface area contributed by atoms with Crippen molar-refractivity contribution in [2.45, 2.75) is 13.5 Å². The van der Waals surface area contributed by atoms with Crippen molar-refractivity contribution in [3.63, 3.8) is 0 Å². The number of fused-ring (bicyclic) bond motifs is 2. The van der Waals surface area contributed by atoms with Crippen molar-refractivity contribution in [1.82, 2.24) is 19.4 Å². The molecule has 0 unspecified atom stereocenters. The highest BCUT2D eigenvalue weighted by molar-refractivity contribution is 5.96. The molecule has 0 spiro atoms. The average Bonchev–Trinajstić information content (AvgIpc) is 3.23. The topological polar surface area (TPSA) is 81.3 Å². The molecular weight excluding hydrogens is 409 g/mol. The molecule has 8 heteroatoms. The summed E-state index contributed by atoms with van der Waals surface area (Å²) in [7, 11) is 0. The molecule has 7 nitrogen and oxygen atoms in total. The van der Waals surface area contributed by atoms with Gasteiger partial charge in [0.05, 0.1) is 5.69 Å². The van der Waals surface area contributed by atoms with E-state index in [9.17, 15) is 14.0 Å². The molecule has 2 aromatic heterocycles. The standard InChI is InChI=1S/C24H18FN5O2/c1-15-9-10-17(11-20(15)25)27-23(31)13-29-24(32)22-12-21(28-30(22)14-26-29)19-8-4-6-16-5-2-3-7-18(16)19/h2-12,14H,13H2,1H3,(H,27,31). The molecule has 0 bridgehead atoms. The highest BCUT2D eigenvalue weighted by atomic mass is 19.1. The molecule has 3 aromatic carbocycles. The van der Waals surface area contributed by atoms with Gasteiger partial charge in [0.1, 0.15) is 24.2 Å². The number of nitrogens with zero attached hydrogens (tertiary/aromatic N) is 4. The van der Waals surface area contributed by atoms with Crippen LogP contribution in [0.4, 0.5) is 10.1 Å². The highest BCUT2D eigenvalue weighted by Crippen LogP contribution is 2.27. The van der Waals surface area contributed by atoms with Gasteiger partial charge in [-0.25, -0.2) is 13.6 Å². The van der Waals surface area contributed by atoms with Gasteiger partial charge in [0.15, 0.2) is 0 Å². The van der Waals surface area contributed by atoms with E-state index in [1.807, 2.05) is 42.5 Å². The van der Waals surface area contributed by atoms with Crippen LogP contribution in [-0.2, 0) is 11.3 Å².